The SMILES string of the molecule is Cc1[nH+]cc(CO)c(CO)c1O.Cc1[nH+]cc(CO)c(CO)c1O.O=C([O-])/C=C/C(=O)[O-]. The predicted molar refractivity (Wildman–Crippen MR) is 102 cm³/mol. The minimum Gasteiger partial charge on any atom is -0.545 e. The van der Waals surface area contributed by atoms with Crippen LogP contribution in [0.1, 0.15) is 33.6 Å². The van der Waals surface area contributed by atoms with Gasteiger partial charge in [-0.1, -0.05) is 0 Å². The van der Waals surface area contributed by atoms with Crippen LogP contribution in [0.25, 0.3) is 0 Å². The molecule has 8 N–H and O–H groups in total. The van der Waals surface area contributed by atoms with Crippen molar-refractivity contribution in [2.75, 3.05) is 0 Å². The van der Waals surface area contributed by atoms with E-state index in [1.165, 1.54) is 0 Å². The van der Waals surface area contributed by atoms with Crippen molar-refractivity contribution in [3.8, 4) is 11.5 Å². The maximum absolute atomic E-state index is 9.41. The predicted octanol–water partition coefficient (Wildman–Crippen LogP) is -3.96. The third-order valence-electron chi connectivity index (χ3n) is 4.00. The van der Waals surface area contributed by atoms with E-state index >= 15 is 0 Å². The summed E-state index contributed by atoms with van der Waals surface area (Å²) in [5.41, 5.74) is 2.95. The molecule has 176 valence electrons. The molecule has 0 fully saturated rings. The third kappa shape index (κ3) is 9.06. The first-order chi connectivity index (χ1) is 15.0. The van der Waals surface area contributed by atoms with Crippen molar-refractivity contribution in [3.63, 3.8) is 0 Å². The first-order valence-electron chi connectivity index (χ1n) is 9.01. The van der Waals surface area contributed by atoms with E-state index < -0.39 is 11.9 Å². The van der Waals surface area contributed by atoms with E-state index in [1.807, 2.05) is 0 Å². The van der Waals surface area contributed by atoms with Crippen LogP contribution < -0.4 is 20.2 Å². The summed E-state index contributed by atoms with van der Waals surface area (Å²) in [6.45, 7) is 2.46. The molecule has 12 nitrogen and oxygen atoms in total. The molecule has 0 atom stereocenters. The summed E-state index contributed by atoms with van der Waals surface area (Å²) in [4.78, 5) is 24.4. The number of carboxylic acids is 2. The molecule has 0 aliphatic carbocycles. The Balaban J connectivity index is 0.000000462. The Labute approximate surface area is 183 Å². The number of aliphatic hydroxyl groups is 4. The van der Waals surface area contributed by atoms with Crippen molar-refractivity contribution in [3.05, 3.63) is 58.2 Å². The fourth-order valence-corrected chi connectivity index (χ4v) is 2.23. The van der Waals surface area contributed by atoms with Crippen LogP contribution in [0.2, 0.25) is 0 Å². The van der Waals surface area contributed by atoms with E-state index in [2.05, 4.69) is 9.97 Å². The topological polar surface area (TPSA) is 230 Å². The Kier molecular flexibility index (Phi) is 12.8. The minimum atomic E-state index is -1.55. The number of nitrogens with one attached hydrogen (secondary N) is 2. The second kappa shape index (κ2) is 14.4. The van der Waals surface area contributed by atoms with Crippen molar-refractivity contribution in [1.82, 2.24) is 0 Å². The number of H-pyrrole nitrogens is 2. The standard InChI is InChI=1S/2C8H11NO3.C4H4O4/c2*1-5-8(12)7(4-11)6(3-10)2-9-5;5-3(6)1-2-4(7)8/h2*2,10-12H,3-4H2,1H3;1-2H,(H,5,6)(H,7,8)/b;;2-1+. The van der Waals surface area contributed by atoms with Gasteiger partial charge in [-0.3, -0.25) is 0 Å². The zero-order chi connectivity index (χ0) is 24.8. The lowest BCUT2D eigenvalue weighted by Crippen LogP contribution is -2.23. The van der Waals surface area contributed by atoms with Gasteiger partial charge in [-0.05, 0) is 12.2 Å². The van der Waals surface area contributed by atoms with Gasteiger partial charge in [-0.15, -0.1) is 0 Å². The summed E-state index contributed by atoms with van der Waals surface area (Å²) in [6, 6.07) is 0. The summed E-state index contributed by atoms with van der Waals surface area (Å²) in [7, 11) is 0. The zero-order valence-electron chi connectivity index (χ0n) is 17.5. The van der Waals surface area contributed by atoms with Gasteiger partial charge in [0.15, 0.2) is 23.9 Å². The largest absolute Gasteiger partial charge is 0.545 e. The quantitative estimate of drug-likeness (QED) is 0.232. The van der Waals surface area contributed by atoms with E-state index in [0.29, 0.717) is 45.8 Å². The number of aromatic amines is 2. The molecule has 0 spiro atoms. The number of carboxylic acid groups (broad SMARTS) is 2. The van der Waals surface area contributed by atoms with Gasteiger partial charge in [0.2, 0.25) is 11.4 Å². The molecule has 2 rings (SSSR count). The number of aromatic nitrogens is 2. The van der Waals surface area contributed by atoms with Crippen molar-refractivity contribution in [2.24, 2.45) is 0 Å². The number of aromatic hydroxyl groups is 2. The Morgan fingerprint density at radius 2 is 1.06 bits per heavy atom. The van der Waals surface area contributed by atoms with E-state index in [1.54, 1.807) is 26.2 Å². The van der Waals surface area contributed by atoms with Crippen molar-refractivity contribution in [2.45, 2.75) is 40.3 Å². The minimum absolute atomic E-state index is 0.0176. The monoisotopic (exact) mass is 454 g/mol. The van der Waals surface area contributed by atoms with Crippen LogP contribution >= 0.6 is 0 Å². The summed E-state index contributed by atoms with van der Waals surface area (Å²) in [6.07, 6.45) is 3.91. The second-order valence-electron chi connectivity index (χ2n) is 6.14. The fourth-order valence-electron chi connectivity index (χ4n) is 2.23. The highest BCUT2D eigenvalue weighted by molar-refractivity contribution is 5.87. The summed E-state index contributed by atoms with van der Waals surface area (Å²) in [5.74, 6) is -3.06. The first-order valence-corrected chi connectivity index (χ1v) is 9.01. The Bertz CT molecular complexity index is 869. The van der Waals surface area contributed by atoms with E-state index in [-0.39, 0.29) is 37.9 Å². The molecular weight excluding hydrogens is 428 g/mol. The maximum Gasteiger partial charge on any atom is 0.219 e. The molecule has 0 radical (unpaired) electrons. The molecule has 2 aromatic rings. The average Bonchev–Trinajstić information content (AvgIpc) is 2.76. The van der Waals surface area contributed by atoms with Crippen LogP contribution in [0.4, 0.5) is 0 Å². The molecule has 12 heteroatoms. The summed E-state index contributed by atoms with van der Waals surface area (Å²) < 4.78 is 0. The van der Waals surface area contributed by atoms with E-state index in [0.717, 1.165) is 0 Å². The molecule has 2 heterocycles. The van der Waals surface area contributed by atoms with Gasteiger partial charge in [-0.2, -0.15) is 0 Å². The number of aliphatic carboxylic acids is 2. The Hall–Kier alpha value is -3.58. The highest BCUT2D eigenvalue weighted by Crippen LogP contribution is 2.22. The third-order valence-corrected chi connectivity index (χ3v) is 4.00. The van der Waals surface area contributed by atoms with Crippen molar-refractivity contribution in [1.29, 1.82) is 0 Å². The molecule has 0 saturated heterocycles. The molecule has 0 aliphatic rings. The molecule has 0 amide bonds. The lowest BCUT2D eigenvalue weighted by atomic mass is 10.1. The molecular formula is C20H26N2O10. The van der Waals surface area contributed by atoms with Gasteiger partial charge in [0.1, 0.15) is 0 Å². The highest BCUT2D eigenvalue weighted by Gasteiger charge is 2.14. The van der Waals surface area contributed by atoms with Crippen LogP contribution in [0, 0.1) is 13.8 Å². The summed E-state index contributed by atoms with van der Waals surface area (Å²) in [5, 5.41) is 73.0. The van der Waals surface area contributed by atoms with Gasteiger partial charge in [0.05, 0.1) is 49.5 Å². The fraction of sp³-hybridized carbons (Fsp3) is 0.300. The van der Waals surface area contributed by atoms with Crippen LogP contribution in [0.15, 0.2) is 24.5 Å². The average molecular weight is 454 g/mol. The molecule has 0 unspecified atom stereocenters. The van der Waals surface area contributed by atoms with Gasteiger partial charge < -0.3 is 50.4 Å². The van der Waals surface area contributed by atoms with Crippen molar-refractivity contribution >= 4 is 11.9 Å². The maximum atomic E-state index is 9.41. The van der Waals surface area contributed by atoms with Gasteiger partial charge >= 0.3 is 0 Å². The zero-order valence-corrected chi connectivity index (χ0v) is 17.5. The number of pyridine rings is 2. The number of carbonyl (C=O) groups excluding carboxylic acids is 2. The Morgan fingerprint density at radius 1 is 0.750 bits per heavy atom. The molecule has 0 aliphatic heterocycles. The number of carbonyl (C=O) groups is 2. The number of hydrogen-bond acceptors (Lipinski definition) is 10. The normalized spacial score (nSPS) is 10.1. The van der Waals surface area contributed by atoms with E-state index in [4.69, 9.17) is 20.4 Å². The number of rotatable bonds is 6. The van der Waals surface area contributed by atoms with Gasteiger partial charge in [0.25, 0.3) is 0 Å². The van der Waals surface area contributed by atoms with Crippen LogP contribution in [0.3, 0.4) is 0 Å². The second-order valence-corrected chi connectivity index (χ2v) is 6.14. The number of aliphatic hydroxyl groups excluding tert-OH is 4. The van der Waals surface area contributed by atoms with Crippen LogP contribution in [0.5, 0.6) is 11.5 Å². The first kappa shape index (κ1) is 28.4. The molecule has 0 saturated carbocycles. The molecule has 0 bridgehead atoms. The number of hydrogen-bond donors (Lipinski definition) is 6. The smallest absolute Gasteiger partial charge is 0.219 e. The van der Waals surface area contributed by atoms with Gasteiger partial charge in [0, 0.05) is 25.0 Å². The molecule has 0 aromatic carbocycles. The number of aryl methyl sites for hydroxylation is 2. The van der Waals surface area contributed by atoms with Gasteiger partial charge in [-0.25, -0.2) is 9.97 Å². The Morgan fingerprint density at radius 3 is 1.28 bits per heavy atom. The summed E-state index contributed by atoms with van der Waals surface area (Å²) >= 11 is 0. The van der Waals surface area contributed by atoms with Crippen LogP contribution in [-0.4, -0.2) is 42.6 Å². The van der Waals surface area contributed by atoms with E-state index in [9.17, 15) is 30.0 Å². The lowest BCUT2D eigenvalue weighted by molar-refractivity contribution is -0.390. The van der Waals surface area contributed by atoms with Crippen molar-refractivity contribution < 1.29 is 60.4 Å². The van der Waals surface area contributed by atoms with Crippen LogP contribution in [-0.2, 0) is 36.0 Å². The lowest BCUT2D eigenvalue weighted by Gasteiger charge is -2.03. The molecule has 32 heavy (non-hydrogen) atoms. The molecule has 2 aromatic heterocycles. The highest BCUT2D eigenvalue weighted by atomic mass is 16.4.